The normalized spacial score (nSPS) is 16.4. The first-order valence-electron chi connectivity index (χ1n) is 11.1. The fourth-order valence-electron chi connectivity index (χ4n) is 3.78. The van der Waals surface area contributed by atoms with Crippen molar-refractivity contribution < 1.29 is 27.5 Å². The number of fused-ring (bicyclic) bond motifs is 1. The number of rotatable bonds is 6. The predicted molar refractivity (Wildman–Crippen MR) is 126 cm³/mol. The monoisotopic (exact) mass is 488 g/mol. The molecule has 2 amide bonds. The van der Waals surface area contributed by atoms with Crippen LogP contribution in [-0.2, 0) is 14.8 Å². The second kappa shape index (κ2) is 10.3. The van der Waals surface area contributed by atoms with Crippen molar-refractivity contribution in [3.63, 3.8) is 0 Å². The van der Waals surface area contributed by atoms with Gasteiger partial charge < -0.3 is 19.7 Å². The first-order valence-corrected chi connectivity index (χ1v) is 12.6. The van der Waals surface area contributed by atoms with Gasteiger partial charge in [0.15, 0.2) is 11.5 Å². The smallest absolute Gasteiger partial charge is 0.262 e. The van der Waals surface area contributed by atoms with Gasteiger partial charge in [0, 0.05) is 57.0 Å². The van der Waals surface area contributed by atoms with Crippen molar-refractivity contribution in [3.8, 4) is 11.5 Å². The molecule has 34 heavy (non-hydrogen) atoms. The van der Waals surface area contributed by atoms with Crippen LogP contribution in [0.1, 0.15) is 16.8 Å². The molecule has 0 unspecified atom stereocenters. The molecule has 1 saturated heterocycles. The summed E-state index contributed by atoms with van der Waals surface area (Å²) in [5.74, 6) is 0.743. The van der Waals surface area contributed by atoms with Crippen LogP contribution in [0, 0.1) is 0 Å². The summed E-state index contributed by atoms with van der Waals surface area (Å²) in [7, 11) is -2.25. The third-order valence-corrected chi connectivity index (χ3v) is 7.10. The Balaban J connectivity index is 1.38. The van der Waals surface area contributed by atoms with Gasteiger partial charge in [0.25, 0.3) is 15.9 Å². The van der Waals surface area contributed by atoms with E-state index in [1.165, 1.54) is 12.1 Å². The molecule has 0 aliphatic carbocycles. The van der Waals surface area contributed by atoms with Gasteiger partial charge in [0.1, 0.15) is 0 Å². The minimum Gasteiger partial charge on any atom is -0.490 e. The summed E-state index contributed by atoms with van der Waals surface area (Å²) in [6.07, 6.45) is 0.728. The van der Waals surface area contributed by atoms with Crippen LogP contribution in [0.5, 0.6) is 11.5 Å². The van der Waals surface area contributed by atoms with Crippen LogP contribution in [0.3, 0.4) is 0 Å². The number of carbonyl (C=O) groups is 2. The van der Waals surface area contributed by atoms with Crippen LogP contribution in [0.4, 0.5) is 5.69 Å². The fraction of sp³-hybridized carbons (Fsp3) is 0.391. The molecule has 182 valence electrons. The van der Waals surface area contributed by atoms with E-state index in [1.54, 1.807) is 42.3 Å². The van der Waals surface area contributed by atoms with Crippen LogP contribution in [0.15, 0.2) is 47.4 Å². The van der Waals surface area contributed by atoms with Crippen LogP contribution < -0.4 is 19.5 Å². The number of piperazine rings is 1. The molecule has 1 fully saturated rings. The van der Waals surface area contributed by atoms with E-state index < -0.39 is 10.0 Å². The lowest BCUT2D eigenvalue weighted by atomic mass is 10.1. The molecule has 0 bridgehead atoms. The first kappa shape index (κ1) is 23.8. The summed E-state index contributed by atoms with van der Waals surface area (Å²) in [5, 5.41) is 2.60. The molecular weight excluding hydrogens is 460 g/mol. The van der Waals surface area contributed by atoms with Crippen LogP contribution >= 0.6 is 0 Å². The Kier molecular flexibility index (Phi) is 7.23. The van der Waals surface area contributed by atoms with Gasteiger partial charge in [-0.1, -0.05) is 0 Å². The number of amides is 2. The first-order chi connectivity index (χ1) is 16.4. The third-order valence-electron chi connectivity index (χ3n) is 5.72. The molecule has 2 aromatic rings. The molecule has 2 heterocycles. The SMILES string of the molecule is CNC(=O)CN1CCN(C(=O)c2ccc(NS(=O)(=O)c3ccc4c(c3)OCCCO4)cc2)CC1. The molecule has 2 aromatic carbocycles. The minimum atomic E-state index is -3.85. The maximum atomic E-state index is 12.9. The summed E-state index contributed by atoms with van der Waals surface area (Å²) in [6, 6.07) is 10.8. The van der Waals surface area contributed by atoms with Gasteiger partial charge in [0.05, 0.1) is 24.7 Å². The van der Waals surface area contributed by atoms with Gasteiger partial charge in [-0.15, -0.1) is 0 Å². The molecule has 0 spiro atoms. The van der Waals surface area contributed by atoms with Crippen LogP contribution in [-0.4, -0.2) is 83.0 Å². The van der Waals surface area contributed by atoms with Crippen molar-refractivity contribution in [2.24, 2.45) is 0 Å². The van der Waals surface area contributed by atoms with E-state index in [-0.39, 0.29) is 16.7 Å². The maximum absolute atomic E-state index is 12.9. The van der Waals surface area contributed by atoms with Crippen molar-refractivity contribution in [3.05, 3.63) is 48.0 Å². The zero-order valence-corrected chi connectivity index (χ0v) is 19.8. The lowest BCUT2D eigenvalue weighted by Gasteiger charge is -2.34. The molecule has 2 aliphatic rings. The van der Waals surface area contributed by atoms with E-state index in [1.807, 2.05) is 4.90 Å². The van der Waals surface area contributed by atoms with Gasteiger partial charge >= 0.3 is 0 Å². The molecule has 0 atom stereocenters. The standard InChI is InChI=1S/C23H28N4O6S/c1-24-22(28)16-26-9-11-27(12-10-26)23(29)17-3-5-18(6-4-17)25-34(30,31)19-7-8-20-21(15-19)33-14-2-13-32-20/h3-8,15,25H,2,9-14,16H2,1H3,(H,24,28). The average molecular weight is 489 g/mol. The average Bonchev–Trinajstić information content (AvgIpc) is 3.09. The summed E-state index contributed by atoms with van der Waals surface area (Å²) >= 11 is 0. The summed E-state index contributed by atoms with van der Waals surface area (Å²) < 4.78 is 39.4. The van der Waals surface area contributed by atoms with Gasteiger partial charge in [-0.25, -0.2) is 8.42 Å². The molecule has 11 heteroatoms. The highest BCUT2D eigenvalue weighted by atomic mass is 32.2. The topological polar surface area (TPSA) is 117 Å². The number of ether oxygens (including phenoxy) is 2. The van der Waals surface area contributed by atoms with E-state index in [0.29, 0.717) is 68.7 Å². The number of nitrogens with one attached hydrogen (secondary N) is 2. The number of hydrogen-bond acceptors (Lipinski definition) is 7. The molecule has 0 saturated carbocycles. The Hall–Kier alpha value is -3.31. The van der Waals surface area contributed by atoms with Crippen LogP contribution in [0.25, 0.3) is 0 Å². The number of likely N-dealkylation sites (N-methyl/N-ethyl adjacent to an activating group) is 1. The van der Waals surface area contributed by atoms with Crippen LogP contribution in [0.2, 0.25) is 0 Å². The Labute approximate surface area is 198 Å². The quantitative estimate of drug-likeness (QED) is 0.627. The van der Waals surface area contributed by atoms with E-state index in [0.717, 1.165) is 6.42 Å². The zero-order chi connectivity index (χ0) is 24.1. The van der Waals surface area contributed by atoms with Gasteiger partial charge in [0.2, 0.25) is 5.91 Å². The van der Waals surface area contributed by atoms with E-state index in [4.69, 9.17) is 9.47 Å². The summed E-state index contributed by atoms with van der Waals surface area (Å²) in [5.41, 5.74) is 0.817. The minimum absolute atomic E-state index is 0.0513. The fourth-order valence-corrected chi connectivity index (χ4v) is 4.85. The molecule has 0 aromatic heterocycles. The lowest BCUT2D eigenvalue weighted by molar-refractivity contribution is -0.122. The van der Waals surface area contributed by atoms with Crippen molar-refractivity contribution in [1.82, 2.24) is 15.1 Å². The number of sulfonamides is 1. The second-order valence-corrected chi connectivity index (χ2v) is 9.77. The van der Waals surface area contributed by atoms with Gasteiger partial charge in [-0.2, -0.15) is 0 Å². The largest absolute Gasteiger partial charge is 0.490 e. The number of anilines is 1. The zero-order valence-electron chi connectivity index (χ0n) is 19.0. The van der Waals surface area contributed by atoms with Gasteiger partial charge in [-0.3, -0.25) is 19.2 Å². The molecule has 0 radical (unpaired) electrons. The van der Waals surface area contributed by atoms with Crippen molar-refractivity contribution >= 4 is 27.5 Å². The lowest BCUT2D eigenvalue weighted by Crippen LogP contribution is -2.50. The second-order valence-electron chi connectivity index (χ2n) is 8.08. The number of carbonyl (C=O) groups excluding carboxylic acids is 2. The van der Waals surface area contributed by atoms with E-state index >= 15 is 0 Å². The summed E-state index contributed by atoms with van der Waals surface area (Å²) in [4.78, 5) is 28.1. The Bertz CT molecular complexity index is 1140. The molecule has 10 nitrogen and oxygen atoms in total. The highest BCUT2D eigenvalue weighted by Gasteiger charge is 2.24. The van der Waals surface area contributed by atoms with Crippen molar-refractivity contribution in [2.75, 3.05) is 57.7 Å². The van der Waals surface area contributed by atoms with Gasteiger partial charge in [-0.05, 0) is 36.4 Å². The Morgan fingerprint density at radius 3 is 2.29 bits per heavy atom. The van der Waals surface area contributed by atoms with E-state index in [2.05, 4.69) is 10.0 Å². The number of nitrogens with zero attached hydrogens (tertiary/aromatic N) is 2. The molecular formula is C23H28N4O6S. The highest BCUT2D eigenvalue weighted by molar-refractivity contribution is 7.92. The number of hydrogen-bond donors (Lipinski definition) is 2. The predicted octanol–water partition coefficient (Wildman–Crippen LogP) is 1.15. The molecule has 2 N–H and O–H groups in total. The summed E-state index contributed by atoms with van der Waals surface area (Å²) in [6.45, 7) is 3.58. The highest BCUT2D eigenvalue weighted by Crippen LogP contribution is 2.32. The third kappa shape index (κ3) is 5.60. The van der Waals surface area contributed by atoms with E-state index in [9.17, 15) is 18.0 Å². The Morgan fingerprint density at radius 2 is 1.62 bits per heavy atom. The van der Waals surface area contributed by atoms with Crippen molar-refractivity contribution in [1.29, 1.82) is 0 Å². The Morgan fingerprint density at radius 1 is 0.941 bits per heavy atom. The van der Waals surface area contributed by atoms with Crippen molar-refractivity contribution in [2.45, 2.75) is 11.3 Å². The molecule has 2 aliphatic heterocycles. The maximum Gasteiger partial charge on any atom is 0.262 e. The molecule has 4 rings (SSSR count). The number of benzene rings is 2.